The van der Waals surface area contributed by atoms with Crippen molar-refractivity contribution < 1.29 is 9.53 Å². The van der Waals surface area contributed by atoms with Crippen LogP contribution in [0.4, 0.5) is 0 Å². The molecule has 0 bridgehead atoms. The summed E-state index contributed by atoms with van der Waals surface area (Å²) in [5, 5.41) is 11.4. The van der Waals surface area contributed by atoms with Crippen LogP contribution in [-0.2, 0) is 4.79 Å². The predicted octanol–water partition coefficient (Wildman–Crippen LogP) is 1.38. The van der Waals surface area contributed by atoms with Gasteiger partial charge in [-0.3, -0.25) is 4.79 Å². The lowest BCUT2D eigenvalue weighted by Gasteiger charge is -2.08. The summed E-state index contributed by atoms with van der Waals surface area (Å²) in [6, 6.07) is 7.17. The third-order valence-electron chi connectivity index (χ3n) is 2.05. The van der Waals surface area contributed by atoms with E-state index in [-0.39, 0.29) is 12.5 Å². The van der Waals surface area contributed by atoms with Crippen molar-refractivity contribution in [1.82, 2.24) is 5.32 Å². The number of hydrogen-bond acceptors (Lipinski definition) is 3. The normalized spacial score (nSPS) is 9.31. The minimum absolute atomic E-state index is 0.0242. The summed E-state index contributed by atoms with van der Waals surface area (Å²) >= 11 is 0. The van der Waals surface area contributed by atoms with E-state index in [0.717, 1.165) is 5.56 Å². The van der Waals surface area contributed by atoms with Gasteiger partial charge in [-0.05, 0) is 31.5 Å². The fourth-order valence-corrected chi connectivity index (χ4v) is 1.22. The van der Waals surface area contributed by atoms with Crippen molar-refractivity contribution in [2.24, 2.45) is 0 Å². The van der Waals surface area contributed by atoms with E-state index in [1.807, 2.05) is 19.9 Å². The molecule has 0 heterocycles. The lowest BCUT2D eigenvalue weighted by atomic mass is 10.1. The Morgan fingerprint density at radius 1 is 1.56 bits per heavy atom. The van der Waals surface area contributed by atoms with Crippen LogP contribution in [0.5, 0.6) is 5.75 Å². The van der Waals surface area contributed by atoms with Crippen LogP contribution in [0, 0.1) is 18.3 Å². The minimum atomic E-state index is -0.163. The van der Waals surface area contributed by atoms with Crippen LogP contribution in [0.25, 0.3) is 0 Å². The second-order valence-electron chi connectivity index (χ2n) is 3.33. The highest BCUT2D eigenvalue weighted by Crippen LogP contribution is 2.18. The molecule has 1 amide bonds. The fraction of sp³-hybridized carbons (Fsp3) is 0.333. The van der Waals surface area contributed by atoms with Gasteiger partial charge in [0.15, 0.2) is 6.61 Å². The van der Waals surface area contributed by atoms with Crippen LogP contribution in [0.1, 0.15) is 18.1 Å². The molecule has 1 aromatic rings. The molecule has 1 N–H and O–H groups in total. The molecule has 0 radical (unpaired) electrons. The van der Waals surface area contributed by atoms with E-state index in [1.54, 1.807) is 18.2 Å². The molecule has 0 aliphatic carbocycles. The van der Waals surface area contributed by atoms with Crippen molar-refractivity contribution in [3.05, 3.63) is 29.3 Å². The Kier molecular flexibility index (Phi) is 4.34. The van der Waals surface area contributed by atoms with Crippen LogP contribution in [0.2, 0.25) is 0 Å². The monoisotopic (exact) mass is 218 g/mol. The predicted molar refractivity (Wildman–Crippen MR) is 60.1 cm³/mol. The molecule has 1 rings (SSSR count). The lowest BCUT2D eigenvalue weighted by Crippen LogP contribution is -2.28. The Hall–Kier alpha value is -2.02. The second-order valence-corrected chi connectivity index (χ2v) is 3.33. The Morgan fingerprint density at radius 3 is 2.94 bits per heavy atom. The van der Waals surface area contributed by atoms with Crippen LogP contribution >= 0.6 is 0 Å². The smallest absolute Gasteiger partial charge is 0.257 e. The summed E-state index contributed by atoms with van der Waals surface area (Å²) in [4.78, 5) is 11.2. The number of ether oxygens (including phenoxy) is 1. The van der Waals surface area contributed by atoms with Gasteiger partial charge in [0.1, 0.15) is 5.75 Å². The maximum absolute atomic E-state index is 11.2. The standard InChI is InChI=1S/C12H14N2O2/c1-3-14-12(15)8-16-11-6-10(7-13)5-4-9(11)2/h4-6H,3,8H2,1-2H3,(H,14,15). The molecular weight excluding hydrogens is 204 g/mol. The third kappa shape index (κ3) is 3.28. The summed E-state index contributed by atoms with van der Waals surface area (Å²) in [6.45, 7) is 4.27. The topological polar surface area (TPSA) is 62.1 Å². The van der Waals surface area contributed by atoms with E-state index < -0.39 is 0 Å². The van der Waals surface area contributed by atoms with Crippen LogP contribution < -0.4 is 10.1 Å². The van der Waals surface area contributed by atoms with Crippen molar-refractivity contribution in [1.29, 1.82) is 5.26 Å². The highest BCUT2D eigenvalue weighted by Gasteiger charge is 2.04. The van der Waals surface area contributed by atoms with Crippen LogP contribution in [0.3, 0.4) is 0 Å². The molecule has 0 unspecified atom stereocenters. The first-order valence-electron chi connectivity index (χ1n) is 5.07. The molecule has 1 aromatic carbocycles. The van der Waals surface area contributed by atoms with Crippen molar-refractivity contribution in [2.75, 3.05) is 13.2 Å². The van der Waals surface area contributed by atoms with Crippen LogP contribution in [0.15, 0.2) is 18.2 Å². The first kappa shape index (κ1) is 12.1. The number of nitriles is 1. The van der Waals surface area contributed by atoms with Gasteiger partial charge in [-0.25, -0.2) is 0 Å². The number of nitrogens with one attached hydrogen (secondary N) is 1. The summed E-state index contributed by atoms with van der Waals surface area (Å²) in [7, 11) is 0. The zero-order valence-corrected chi connectivity index (χ0v) is 9.41. The number of nitrogens with zero attached hydrogens (tertiary/aromatic N) is 1. The summed E-state index contributed by atoms with van der Waals surface area (Å²) < 4.78 is 5.33. The average molecular weight is 218 g/mol. The van der Waals surface area contributed by atoms with Crippen molar-refractivity contribution in [3.8, 4) is 11.8 Å². The molecule has 0 atom stereocenters. The molecule has 0 aromatic heterocycles. The van der Waals surface area contributed by atoms with Gasteiger partial charge in [0, 0.05) is 6.54 Å². The van der Waals surface area contributed by atoms with E-state index in [1.165, 1.54) is 0 Å². The van der Waals surface area contributed by atoms with Crippen molar-refractivity contribution in [2.45, 2.75) is 13.8 Å². The molecular formula is C12H14N2O2. The number of carbonyl (C=O) groups is 1. The summed E-state index contributed by atoms with van der Waals surface area (Å²) in [5.74, 6) is 0.412. The Bertz CT molecular complexity index is 422. The van der Waals surface area contributed by atoms with Gasteiger partial charge in [0.05, 0.1) is 11.6 Å². The minimum Gasteiger partial charge on any atom is -0.483 e. The first-order chi connectivity index (χ1) is 7.67. The number of amides is 1. The van der Waals surface area contributed by atoms with Gasteiger partial charge < -0.3 is 10.1 Å². The quantitative estimate of drug-likeness (QED) is 0.830. The van der Waals surface area contributed by atoms with Crippen LogP contribution in [-0.4, -0.2) is 19.1 Å². The van der Waals surface area contributed by atoms with Gasteiger partial charge in [-0.15, -0.1) is 0 Å². The molecule has 0 aliphatic heterocycles. The largest absolute Gasteiger partial charge is 0.483 e. The maximum atomic E-state index is 11.2. The molecule has 0 fully saturated rings. The molecule has 4 nitrogen and oxygen atoms in total. The molecule has 84 valence electrons. The number of aryl methyl sites for hydroxylation is 1. The van der Waals surface area contributed by atoms with E-state index in [4.69, 9.17) is 10.00 Å². The molecule has 4 heteroatoms. The van der Waals surface area contributed by atoms with Gasteiger partial charge in [-0.1, -0.05) is 6.07 Å². The van der Waals surface area contributed by atoms with E-state index in [9.17, 15) is 4.79 Å². The SMILES string of the molecule is CCNC(=O)COc1cc(C#N)ccc1C. The number of benzene rings is 1. The number of rotatable bonds is 4. The van der Waals surface area contributed by atoms with E-state index in [2.05, 4.69) is 5.32 Å². The highest BCUT2D eigenvalue weighted by atomic mass is 16.5. The fourth-order valence-electron chi connectivity index (χ4n) is 1.22. The number of hydrogen-bond donors (Lipinski definition) is 1. The van der Waals surface area contributed by atoms with Gasteiger partial charge in [-0.2, -0.15) is 5.26 Å². The van der Waals surface area contributed by atoms with Crippen molar-refractivity contribution in [3.63, 3.8) is 0 Å². The van der Waals surface area contributed by atoms with Gasteiger partial charge in [0.25, 0.3) is 5.91 Å². The lowest BCUT2D eigenvalue weighted by molar-refractivity contribution is -0.122. The zero-order valence-electron chi connectivity index (χ0n) is 9.41. The Balaban J connectivity index is 2.66. The molecule has 0 saturated carbocycles. The molecule has 0 spiro atoms. The Morgan fingerprint density at radius 2 is 2.31 bits per heavy atom. The maximum Gasteiger partial charge on any atom is 0.257 e. The summed E-state index contributed by atoms with van der Waals surface area (Å²) in [5.41, 5.74) is 1.43. The zero-order chi connectivity index (χ0) is 12.0. The summed E-state index contributed by atoms with van der Waals surface area (Å²) in [6.07, 6.45) is 0. The van der Waals surface area contributed by atoms with Gasteiger partial charge >= 0.3 is 0 Å². The van der Waals surface area contributed by atoms with E-state index >= 15 is 0 Å². The third-order valence-corrected chi connectivity index (χ3v) is 2.05. The number of likely N-dealkylation sites (N-methyl/N-ethyl adjacent to an activating group) is 1. The highest BCUT2D eigenvalue weighted by molar-refractivity contribution is 5.77. The number of carbonyl (C=O) groups excluding carboxylic acids is 1. The van der Waals surface area contributed by atoms with Crippen molar-refractivity contribution >= 4 is 5.91 Å². The molecule has 0 aliphatic rings. The second kappa shape index (κ2) is 5.76. The first-order valence-corrected chi connectivity index (χ1v) is 5.07. The van der Waals surface area contributed by atoms with E-state index in [0.29, 0.717) is 17.9 Å². The Labute approximate surface area is 94.8 Å². The van der Waals surface area contributed by atoms with Gasteiger partial charge in [0.2, 0.25) is 0 Å². The average Bonchev–Trinajstić information content (AvgIpc) is 2.28. The molecule has 16 heavy (non-hydrogen) atoms. The molecule has 0 saturated heterocycles.